The van der Waals surface area contributed by atoms with Gasteiger partial charge in [0.1, 0.15) is 0 Å². The quantitative estimate of drug-likeness (QED) is 0.688. The number of benzene rings is 2. The van der Waals surface area contributed by atoms with Crippen LogP contribution in [-0.4, -0.2) is 35.8 Å². The molecule has 5 nitrogen and oxygen atoms in total. The van der Waals surface area contributed by atoms with Gasteiger partial charge in [-0.05, 0) is 79.5 Å². The van der Waals surface area contributed by atoms with Gasteiger partial charge in [-0.1, -0.05) is 36.6 Å². The van der Waals surface area contributed by atoms with Gasteiger partial charge in [0.25, 0.3) is 0 Å². The maximum absolute atomic E-state index is 12.8. The van der Waals surface area contributed by atoms with Crippen LogP contribution in [0.3, 0.4) is 0 Å². The van der Waals surface area contributed by atoms with Gasteiger partial charge in [-0.2, -0.15) is 0 Å². The van der Waals surface area contributed by atoms with Crippen molar-refractivity contribution in [1.29, 1.82) is 0 Å². The fraction of sp³-hybridized carbons (Fsp3) is 0.520. The van der Waals surface area contributed by atoms with E-state index in [-0.39, 0.29) is 23.7 Å². The molecule has 0 heterocycles. The minimum absolute atomic E-state index is 0.0406. The predicted octanol–water partition coefficient (Wildman–Crippen LogP) is 4.97. The van der Waals surface area contributed by atoms with Crippen molar-refractivity contribution in [2.24, 2.45) is 17.6 Å². The van der Waals surface area contributed by atoms with Gasteiger partial charge >= 0.3 is 0 Å². The molecule has 2 fully saturated rings. The zero-order valence-corrected chi connectivity index (χ0v) is 18.9. The Bertz CT molecular complexity index is 949. The van der Waals surface area contributed by atoms with E-state index in [9.17, 15) is 9.59 Å². The highest BCUT2D eigenvalue weighted by molar-refractivity contribution is 6.31. The summed E-state index contributed by atoms with van der Waals surface area (Å²) in [6, 6.07) is 11.5. The Hall–Kier alpha value is -2.11. The molecule has 3 N–H and O–H groups in total. The van der Waals surface area contributed by atoms with Gasteiger partial charge in [0.05, 0.1) is 6.04 Å². The van der Waals surface area contributed by atoms with Gasteiger partial charge in [0, 0.05) is 29.7 Å². The monoisotopic (exact) mass is 441 g/mol. The van der Waals surface area contributed by atoms with E-state index in [4.69, 9.17) is 17.3 Å². The number of amides is 2. The van der Waals surface area contributed by atoms with Gasteiger partial charge < -0.3 is 16.0 Å². The van der Waals surface area contributed by atoms with Crippen molar-refractivity contribution in [3.63, 3.8) is 0 Å². The van der Waals surface area contributed by atoms with E-state index in [1.54, 1.807) is 0 Å². The molecule has 166 valence electrons. The molecule has 1 unspecified atom stereocenters. The van der Waals surface area contributed by atoms with Crippen LogP contribution >= 0.6 is 11.6 Å². The summed E-state index contributed by atoms with van der Waals surface area (Å²) >= 11 is 6.09. The number of likely N-dealkylation sites (N-methyl/N-ethyl adjacent to an activating group) is 1. The second kappa shape index (κ2) is 9.58. The third kappa shape index (κ3) is 5.04. The van der Waals surface area contributed by atoms with E-state index in [1.807, 2.05) is 48.3 Å². The first-order valence-electron chi connectivity index (χ1n) is 11.4. The number of nitrogens with zero attached hydrogens (tertiary/aromatic N) is 1. The summed E-state index contributed by atoms with van der Waals surface area (Å²) in [5.74, 6) is 0.224. The standard InChI is InChI=1S/C25H32ClN3O2/c1-29(22-4-2-3-5-22)25(31)23(27)17-6-8-18(9-7-17)24(30)28-21-13-11-16-10-12-20(26)14-19(16)15-21/h10-15,17-18,22-23H,2-9,27H2,1H3,(H,28,30). The van der Waals surface area contributed by atoms with E-state index in [2.05, 4.69) is 5.32 Å². The number of hydrogen-bond donors (Lipinski definition) is 2. The van der Waals surface area contributed by atoms with Gasteiger partial charge in [0.2, 0.25) is 11.8 Å². The summed E-state index contributed by atoms with van der Waals surface area (Å²) in [6.45, 7) is 0. The van der Waals surface area contributed by atoms with Gasteiger partial charge in [-0.15, -0.1) is 0 Å². The van der Waals surface area contributed by atoms with E-state index in [0.717, 1.165) is 55.0 Å². The Kier molecular flexibility index (Phi) is 6.83. The third-order valence-corrected chi connectivity index (χ3v) is 7.46. The smallest absolute Gasteiger partial charge is 0.239 e. The lowest BCUT2D eigenvalue weighted by molar-refractivity contribution is -0.135. The molecule has 0 bridgehead atoms. The molecule has 2 aliphatic rings. The van der Waals surface area contributed by atoms with E-state index >= 15 is 0 Å². The summed E-state index contributed by atoms with van der Waals surface area (Å²) < 4.78 is 0. The van der Waals surface area contributed by atoms with Crippen LogP contribution in [0.2, 0.25) is 5.02 Å². The molecule has 4 rings (SSSR count). The highest BCUT2D eigenvalue weighted by Gasteiger charge is 2.35. The summed E-state index contributed by atoms with van der Waals surface area (Å²) in [5.41, 5.74) is 7.15. The lowest BCUT2D eigenvalue weighted by Crippen LogP contribution is -2.50. The van der Waals surface area contributed by atoms with E-state index in [0.29, 0.717) is 11.1 Å². The second-order valence-electron chi connectivity index (χ2n) is 9.22. The summed E-state index contributed by atoms with van der Waals surface area (Å²) in [5, 5.41) is 5.83. The Morgan fingerprint density at radius 2 is 1.68 bits per heavy atom. The van der Waals surface area contributed by atoms with Crippen LogP contribution < -0.4 is 11.1 Å². The minimum atomic E-state index is -0.458. The number of anilines is 1. The molecule has 2 amide bonds. The van der Waals surface area contributed by atoms with Gasteiger partial charge in [0.15, 0.2) is 0 Å². The predicted molar refractivity (Wildman–Crippen MR) is 126 cm³/mol. The first-order chi connectivity index (χ1) is 14.9. The molecule has 2 saturated carbocycles. The summed E-state index contributed by atoms with van der Waals surface area (Å²) in [7, 11) is 1.90. The lowest BCUT2D eigenvalue weighted by atomic mass is 9.78. The van der Waals surface area contributed by atoms with Crippen molar-refractivity contribution in [2.45, 2.75) is 63.5 Å². The number of carbonyl (C=O) groups is 2. The Morgan fingerprint density at radius 3 is 2.39 bits per heavy atom. The molecule has 31 heavy (non-hydrogen) atoms. The number of nitrogens with two attached hydrogens (primary N) is 1. The molecule has 2 aromatic carbocycles. The Morgan fingerprint density at radius 1 is 1.00 bits per heavy atom. The Balaban J connectivity index is 1.31. The zero-order chi connectivity index (χ0) is 22.0. The molecule has 6 heteroatoms. The average Bonchev–Trinajstić information content (AvgIpc) is 3.32. The number of hydrogen-bond acceptors (Lipinski definition) is 3. The van der Waals surface area contributed by atoms with Crippen molar-refractivity contribution in [3.05, 3.63) is 41.4 Å². The molecule has 0 saturated heterocycles. The van der Waals surface area contributed by atoms with Crippen molar-refractivity contribution in [3.8, 4) is 0 Å². The minimum Gasteiger partial charge on any atom is -0.341 e. The maximum Gasteiger partial charge on any atom is 0.239 e. The summed E-state index contributed by atoms with van der Waals surface area (Å²) in [6.07, 6.45) is 7.73. The van der Waals surface area contributed by atoms with Crippen LogP contribution in [0.5, 0.6) is 0 Å². The molecular weight excluding hydrogens is 410 g/mol. The molecule has 0 aliphatic heterocycles. The van der Waals surface area contributed by atoms with Crippen LogP contribution in [0, 0.1) is 11.8 Å². The van der Waals surface area contributed by atoms with Crippen molar-refractivity contribution in [1.82, 2.24) is 4.90 Å². The molecule has 0 aromatic heterocycles. The fourth-order valence-corrected chi connectivity index (χ4v) is 5.37. The highest BCUT2D eigenvalue weighted by Crippen LogP contribution is 2.33. The van der Waals surface area contributed by atoms with Gasteiger partial charge in [-0.25, -0.2) is 0 Å². The van der Waals surface area contributed by atoms with E-state index in [1.165, 1.54) is 12.8 Å². The number of halogens is 1. The second-order valence-corrected chi connectivity index (χ2v) is 9.66. The van der Waals surface area contributed by atoms with E-state index < -0.39 is 6.04 Å². The van der Waals surface area contributed by atoms with Gasteiger partial charge in [-0.3, -0.25) is 9.59 Å². The average molecular weight is 442 g/mol. The normalized spacial score (nSPS) is 22.9. The van der Waals surface area contributed by atoms with Crippen LogP contribution in [0.15, 0.2) is 36.4 Å². The molecule has 2 aliphatic carbocycles. The first kappa shape index (κ1) is 22.1. The summed E-state index contributed by atoms with van der Waals surface area (Å²) in [4.78, 5) is 27.5. The number of fused-ring (bicyclic) bond motifs is 1. The number of nitrogens with one attached hydrogen (secondary N) is 1. The van der Waals surface area contributed by atoms with Crippen LogP contribution in [0.25, 0.3) is 10.8 Å². The first-order valence-corrected chi connectivity index (χ1v) is 11.8. The maximum atomic E-state index is 12.8. The fourth-order valence-electron chi connectivity index (χ4n) is 5.19. The van der Waals surface area contributed by atoms with Crippen LogP contribution in [0.1, 0.15) is 51.4 Å². The largest absolute Gasteiger partial charge is 0.341 e. The molecule has 0 radical (unpaired) electrons. The number of rotatable bonds is 5. The lowest BCUT2D eigenvalue weighted by Gasteiger charge is -2.34. The Labute approximate surface area is 189 Å². The topological polar surface area (TPSA) is 75.4 Å². The highest BCUT2D eigenvalue weighted by atomic mass is 35.5. The van der Waals surface area contributed by atoms with Crippen LogP contribution in [0.4, 0.5) is 5.69 Å². The molecule has 0 spiro atoms. The van der Waals surface area contributed by atoms with Crippen molar-refractivity contribution >= 4 is 39.9 Å². The SMILES string of the molecule is CN(C(=O)C(N)C1CCC(C(=O)Nc2ccc3ccc(Cl)cc3c2)CC1)C1CCCC1. The third-order valence-electron chi connectivity index (χ3n) is 7.23. The molecule has 2 aromatic rings. The van der Waals surface area contributed by atoms with Crippen molar-refractivity contribution in [2.75, 3.05) is 12.4 Å². The van der Waals surface area contributed by atoms with Crippen molar-refractivity contribution < 1.29 is 9.59 Å². The zero-order valence-electron chi connectivity index (χ0n) is 18.1. The number of carbonyl (C=O) groups excluding carboxylic acids is 2. The molecular formula is C25H32ClN3O2. The van der Waals surface area contributed by atoms with Crippen LogP contribution in [-0.2, 0) is 9.59 Å². The molecule has 1 atom stereocenters.